The molecule has 3 aliphatic heterocycles. The Labute approximate surface area is 227 Å². The minimum Gasteiger partial charge on any atom is -0.490 e. The quantitative estimate of drug-likeness (QED) is 0.406. The monoisotopic (exact) mass is 508 g/mol. The number of unbranched alkanes of at least 4 members (excludes halogenated alkanes) is 1. The molecule has 2 saturated heterocycles. The topological polar surface area (TPSA) is 41.6 Å². The molecule has 5 atom stereocenters. The largest absolute Gasteiger partial charge is 0.490 e. The van der Waals surface area contributed by atoms with Gasteiger partial charge < -0.3 is 15.0 Å². The van der Waals surface area contributed by atoms with E-state index in [1.165, 1.54) is 16.7 Å². The molecule has 2 fully saturated rings. The molecule has 198 valence electrons. The van der Waals surface area contributed by atoms with Gasteiger partial charge in [-0.25, -0.2) is 0 Å². The summed E-state index contributed by atoms with van der Waals surface area (Å²) in [6, 6.07) is 30.1. The van der Waals surface area contributed by atoms with Crippen LogP contribution in [-0.2, 0) is 10.2 Å². The average Bonchev–Trinajstić information content (AvgIpc) is 3.40. The van der Waals surface area contributed by atoms with Crippen LogP contribution < -0.4 is 10.1 Å². The number of para-hydroxylation sites is 1. The van der Waals surface area contributed by atoms with E-state index in [9.17, 15) is 4.79 Å². The lowest BCUT2D eigenvalue weighted by atomic mass is 9.66. The van der Waals surface area contributed by atoms with Gasteiger partial charge in [0.15, 0.2) is 0 Å². The first kappa shape index (κ1) is 25.2. The van der Waals surface area contributed by atoms with Crippen LogP contribution in [0.25, 0.3) is 0 Å². The SMILES string of the molecule is CCCCC1C[C@]2(CNC[C@H]2C(=O)N2CC[C@@H](c3ccccc3)C[C@H]2c2ccccc2)c2ccccc2O1. The van der Waals surface area contributed by atoms with Gasteiger partial charge in [0.1, 0.15) is 5.75 Å². The Balaban J connectivity index is 1.33. The van der Waals surface area contributed by atoms with Gasteiger partial charge in [-0.15, -0.1) is 0 Å². The molecule has 0 saturated carbocycles. The number of ether oxygens (including phenoxy) is 1. The second kappa shape index (κ2) is 10.9. The third-order valence-electron chi connectivity index (χ3n) is 9.28. The summed E-state index contributed by atoms with van der Waals surface area (Å²) in [7, 11) is 0. The Morgan fingerprint density at radius 2 is 1.68 bits per heavy atom. The van der Waals surface area contributed by atoms with Crippen LogP contribution in [-0.4, -0.2) is 36.5 Å². The summed E-state index contributed by atoms with van der Waals surface area (Å²) in [6.45, 7) is 4.59. The van der Waals surface area contributed by atoms with Crippen LogP contribution in [0.4, 0.5) is 0 Å². The Morgan fingerprint density at radius 3 is 2.45 bits per heavy atom. The summed E-state index contributed by atoms with van der Waals surface area (Å²) in [6.07, 6.45) is 6.39. The van der Waals surface area contributed by atoms with Crippen molar-refractivity contribution in [2.75, 3.05) is 19.6 Å². The maximum absolute atomic E-state index is 14.7. The number of amides is 1. The average molecular weight is 509 g/mol. The van der Waals surface area contributed by atoms with Gasteiger partial charge in [0, 0.05) is 30.6 Å². The summed E-state index contributed by atoms with van der Waals surface area (Å²) in [5.74, 6) is 1.66. The molecule has 0 aliphatic carbocycles. The van der Waals surface area contributed by atoms with E-state index in [1.807, 2.05) is 0 Å². The van der Waals surface area contributed by atoms with E-state index in [1.54, 1.807) is 0 Å². The molecule has 6 rings (SSSR count). The summed E-state index contributed by atoms with van der Waals surface area (Å²) < 4.78 is 6.50. The summed E-state index contributed by atoms with van der Waals surface area (Å²) in [5.41, 5.74) is 3.62. The third kappa shape index (κ3) is 4.64. The first-order valence-corrected chi connectivity index (χ1v) is 14.6. The van der Waals surface area contributed by atoms with Gasteiger partial charge in [0.25, 0.3) is 0 Å². The van der Waals surface area contributed by atoms with E-state index in [-0.39, 0.29) is 23.5 Å². The highest BCUT2D eigenvalue weighted by Gasteiger charge is 2.54. The highest BCUT2D eigenvalue weighted by Crippen LogP contribution is 2.50. The molecule has 0 aromatic heterocycles. The van der Waals surface area contributed by atoms with Gasteiger partial charge in [0.05, 0.1) is 18.1 Å². The smallest absolute Gasteiger partial charge is 0.228 e. The Hall–Kier alpha value is -3.11. The molecule has 4 nitrogen and oxygen atoms in total. The standard InChI is InChI=1S/C34H40N2O2/c1-2-3-16-28-22-34(29-17-10-11-18-32(29)38-28)24-35-23-30(34)33(37)36-20-19-27(25-12-6-4-7-13-25)21-31(36)26-14-8-5-9-15-26/h4-15,17-18,27-28,30-31,35H,2-3,16,19-24H2,1H3/t27-,28?,30+,31+,34+/m1/s1. The van der Waals surface area contributed by atoms with Crippen molar-refractivity contribution in [2.24, 2.45) is 5.92 Å². The molecular weight excluding hydrogens is 468 g/mol. The highest BCUT2D eigenvalue weighted by atomic mass is 16.5. The number of likely N-dealkylation sites (tertiary alicyclic amines) is 1. The van der Waals surface area contributed by atoms with Crippen molar-refractivity contribution in [1.82, 2.24) is 10.2 Å². The summed E-state index contributed by atoms with van der Waals surface area (Å²) in [5, 5.41) is 3.66. The first-order valence-electron chi connectivity index (χ1n) is 14.6. The zero-order valence-electron chi connectivity index (χ0n) is 22.5. The van der Waals surface area contributed by atoms with Gasteiger partial charge in [0.2, 0.25) is 5.91 Å². The predicted molar refractivity (Wildman–Crippen MR) is 152 cm³/mol. The number of rotatable bonds is 6. The van der Waals surface area contributed by atoms with Crippen LogP contribution >= 0.6 is 0 Å². The van der Waals surface area contributed by atoms with Crippen molar-refractivity contribution in [3.63, 3.8) is 0 Å². The molecule has 3 aliphatic rings. The molecular formula is C34H40N2O2. The van der Waals surface area contributed by atoms with E-state index < -0.39 is 0 Å². The Morgan fingerprint density at radius 1 is 0.974 bits per heavy atom. The second-order valence-electron chi connectivity index (χ2n) is 11.5. The maximum Gasteiger partial charge on any atom is 0.228 e. The lowest BCUT2D eigenvalue weighted by molar-refractivity contribution is -0.141. The Bertz CT molecular complexity index is 1230. The third-order valence-corrected chi connectivity index (χ3v) is 9.28. The van der Waals surface area contributed by atoms with E-state index >= 15 is 0 Å². The molecule has 3 aromatic rings. The van der Waals surface area contributed by atoms with Crippen molar-refractivity contribution < 1.29 is 9.53 Å². The van der Waals surface area contributed by atoms with E-state index in [0.717, 1.165) is 63.9 Å². The number of fused-ring (bicyclic) bond motifs is 2. The van der Waals surface area contributed by atoms with Crippen LogP contribution in [0.2, 0.25) is 0 Å². The van der Waals surface area contributed by atoms with Crippen molar-refractivity contribution >= 4 is 5.91 Å². The van der Waals surface area contributed by atoms with Gasteiger partial charge in [-0.3, -0.25) is 4.79 Å². The van der Waals surface area contributed by atoms with Crippen LogP contribution in [0.3, 0.4) is 0 Å². The van der Waals surface area contributed by atoms with Crippen molar-refractivity contribution in [3.8, 4) is 5.75 Å². The minimum atomic E-state index is -0.220. The number of hydrogen-bond acceptors (Lipinski definition) is 3. The molecule has 1 N–H and O–H groups in total. The molecule has 4 heteroatoms. The molecule has 0 bridgehead atoms. The lowest BCUT2D eigenvalue weighted by Gasteiger charge is -2.46. The lowest BCUT2D eigenvalue weighted by Crippen LogP contribution is -2.52. The van der Waals surface area contributed by atoms with Crippen molar-refractivity contribution in [1.29, 1.82) is 0 Å². The molecule has 1 unspecified atom stereocenters. The van der Waals surface area contributed by atoms with Crippen LogP contribution in [0.1, 0.15) is 74.1 Å². The van der Waals surface area contributed by atoms with Gasteiger partial charge >= 0.3 is 0 Å². The number of nitrogens with zero attached hydrogens (tertiary/aromatic N) is 1. The number of benzene rings is 3. The van der Waals surface area contributed by atoms with Crippen LogP contribution in [0, 0.1) is 5.92 Å². The van der Waals surface area contributed by atoms with Crippen LogP contribution in [0.15, 0.2) is 84.9 Å². The number of nitrogens with one attached hydrogen (secondary N) is 1. The molecule has 1 amide bonds. The zero-order chi connectivity index (χ0) is 26.0. The maximum atomic E-state index is 14.7. The van der Waals surface area contributed by atoms with E-state index in [4.69, 9.17) is 4.74 Å². The summed E-state index contributed by atoms with van der Waals surface area (Å²) >= 11 is 0. The van der Waals surface area contributed by atoms with Crippen molar-refractivity contribution in [3.05, 3.63) is 102 Å². The summed E-state index contributed by atoms with van der Waals surface area (Å²) in [4.78, 5) is 16.9. The zero-order valence-corrected chi connectivity index (χ0v) is 22.5. The molecule has 0 radical (unpaired) electrons. The van der Waals surface area contributed by atoms with E-state index in [2.05, 4.69) is 102 Å². The number of carbonyl (C=O) groups is 1. The van der Waals surface area contributed by atoms with E-state index in [0.29, 0.717) is 11.8 Å². The normalized spacial score (nSPS) is 28.6. The highest BCUT2D eigenvalue weighted by molar-refractivity contribution is 5.82. The fourth-order valence-corrected chi connectivity index (χ4v) is 7.34. The second-order valence-corrected chi connectivity index (χ2v) is 11.5. The Kier molecular flexibility index (Phi) is 7.25. The van der Waals surface area contributed by atoms with Crippen LogP contribution in [0.5, 0.6) is 5.75 Å². The molecule has 1 spiro atoms. The predicted octanol–water partition coefficient (Wildman–Crippen LogP) is 6.63. The molecule has 38 heavy (non-hydrogen) atoms. The molecule has 3 heterocycles. The number of piperidine rings is 1. The van der Waals surface area contributed by atoms with Gasteiger partial charge in [-0.1, -0.05) is 98.6 Å². The van der Waals surface area contributed by atoms with Gasteiger partial charge in [-0.2, -0.15) is 0 Å². The minimum absolute atomic E-state index is 0.0869. The first-order chi connectivity index (χ1) is 18.7. The fraction of sp³-hybridized carbons (Fsp3) is 0.441. The number of carbonyl (C=O) groups excluding carboxylic acids is 1. The van der Waals surface area contributed by atoms with Crippen molar-refractivity contribution in [2.45, 2.75) is 68.9 Å². The number of hydrogen-bond donors (Lipinski definition) is 1. The van der Waals surface area contributed by atoms with Gasteiger partial charge in [-0.05, 0) is 48.8 Å². The molecule has 3 aromatic carbocycles. The fourth-order valence-electron chi connectivity index (χ4n) is 7.34.